The molecule has 1 aromatic rings. The quantitative estimate of drug-likeness (QED) is 0.776. The van der Waals surface area contributed by atoms with E-state index in [0.29, 0.717) is 5.92 Å². The van der Waals surface area contributed by atoms with E-state index < -0.39 is 0 Å². The van der Waals surface area contributed by atoms with E-state index in [9.17, 15) is 0 Å². The van der Waals surface area contributed by atoms with E-state index >= 15 is 0 Å². The molecule has 0 bridgehead atoms. The lowest BCUT2D eigenvalue weighted by Crippen LogP contribution is -2.18. The van der Waals surface area contributed by atoms with Gasteiger partial charge in [0.1, 0.15) is 0 Å². The third-order valence-corrected chi connectivity index (χ3v) is 3.52. The first kappa shape index (κ1) is 11.1. The van der Waals surface area contributed by atoms with E-state index in [-0.39, 0.29) is 17.0 Å². The Morgan fingerprint density at radius 2 is 2.31 bits per heavy atom. The molecule has 2 heterocycles. The Morgan fingerprint density at radius 1 is 1.54 bits per heavy atom. The topological polar surface area (TPSA) is 24.9 Å². The summed E-state index contributed by atoms with van der Waals surface area (Å²) in [5, 5.41) is 4.63. The highest BCUT2D eigenvalue weighted by Gasteiger charge is 2.17. The molecule has 0 saturated heterocycles. The number of fused-ring (bicyclic) bond motifs is 1. The van der Waals surface area contributed by atoms with Crippen molar-refractivity contribution >= 4 is 28.3 Å². The van der Waals surface area contributed by atoms with Crippen molar-refractivity contribution in [1.82, 2.24) is 10.3 Å². The van der Waals surface area contributed by atoms with Crippen LogP contribution in [0.3, 0.4) is 0 Å². The summed E-state index contributed by atoms with van der Waals surface area (Å²) in [6.07, 6.45) is 1.10. The molecular formula is C9H15BrN2S. The highest BCUT2D eigenvalue weighted by Crippen LogP contribution is 2.27. The molecule has 4 heteroatoms. The molecule has 74 valence electrons. The summed E-state index contributed by atoms with van der Waals surface area (Å²) >= 11 is 1.86. The van der Waals surface area contributed by atoms with Crippen molar-refractivity contribution in [3.63, 3.8) is 0 Å². The van der Waals surface area contributed by atoms with Crippen molar-refractivity contribution < 1.29 is 0 Å². The molecule has 0 aliphatic carbocycles. The van der Waals surface area contributed by atoms with Gasteiger partial charge in [-0.15, -0.1) is 28.3 Å². The molecular weight excluding hydrogens is 248 g/mol. The summed E-state index contributed by atoms with van der Waals surface area (Å²) in [6.45, 7) is 6.56. The van der Waals surface area contributed by atoms with Crippen LogP contribution in [0.25, 0.3) is 0 Å². The second-order valence-electron chi connectivity index (χ2n) is 3.40. The molecule has 0 saturated carbocycles. The van der Waals surface area contributed by atoms with Crippen LogP contribution in [0.5, 0.6) is 0 Å². The zero-order valence-corrected chi connectivity index (χ0v) is 10.5. The molecule has 2 rings (SSSR count). The lowest BCUT2D eigenvalue weighted by Gasteiger charge is -2.05. The van der Waals surface area contributed by atoms with Crippen LogP contribution in [0.2, 0.25) is 0 Å². The third-order valence-electron chi connectivity index (χ3n) is 2.27. The van der Waals surface area contributed by atoms with Gasteiger partial charge in [0.25, 0.3) is 0 Å². The maximum absolute atomic E-state index is 4.54. The number of hydrogen-bond donors (Lipinski definition) is 1. The molecule has 1 aromatic heterocycles. The Bertz CT molecular complexity index is 285. The van der Waals surface area contributed by atoms with Gasteiger partial charge in [-0.2, -0.15) is 0 Å². The fraction of sp³-hybridized carbons (Fsp3) is 0.667. The van der Waals surface area contributed by atoms with Gasteiger partial charge in [-0.1, -0.05) is 6.92 Å². The van der Waals surface area contributed by atoms with Gasteiger partial charge < -0.3 is 5.32 Å². The molecule has 0 amide bonds. The molecule has 13 heavy (non-hydrogen) atoms. The first-order chi connectivity index (χ1) is 5.77. The minimum absolute atomic E-state index is 0. The van der Waals surface area contributed by atoms with Crippen LogP contribution in [-0.2, 0) is 6.42 Å². The van der Waals surface area contributed by atoms with Crippen LogP contribution in [-0.4, -0.2) is 18.1 Å². The molecule has 0 aromatic carbocycles. The number of rotatable bonds is 0. The molecule has 2 nitrogen and oxygen atoms in total. The smallest absolute Gasteiger partial charge is 0.0900 e. The van der Waals surface area contributed by atoms with Crippen molar-refractivity contribution in [2.75, 3.05) is 13.1 Å². The summed E-state index contributed by atoms with van der Waals surface area (Å²) in [7, 11) is 0. The third kappa shape index (κ3) is 2.30. The van der Waals surface area contributed by atoms with Crippen LogP contribution in [0, 0.1) is 6.92 Å². The highest BCUT2D eigenvalue weighted by molar-refractivity contribution is 8.93. The molecule has 1 N–H and O–H groups in total. The maximum Gasteiger partial charge on any atom is 0.0900 e. The molecule has 1 atom stereocenters. The molecule has 1 aliphatic rings. The number of aryl methyl sites for hydroxylation is 1. The van der Waals surface area contributed by atoms with Crippen molar-refractivity contribution in [2.24, 2.45) is 0 Å². The number of hydrogen-bond acceptors (Lipinski definition) is 3. The van der Waals surface area contributed by atoms with Gasteiger partial charge in [0.05, 0.1) is 10.7 Å². The Balaban J connectivity index is 0.000000845. The van der Waals surface area contributed by atoms with Crippen LogP contribution in [0.15, 0.2) is 0 Å². The highest BCUT2D eigenvalue weighted by atomic mass is 79.9. The van der Waals surface area contributed by atoms with Crippen LogP contribution in [0.1, 0.15) is 28.4 Å². The Morgan fingerprint density at radius 3 is 3.08 bits per heavy atom. The molecule has 1 unspecified atom stereocenters. The van der Waals surface area contributed by atoms with Gasteiger partial charge in [-0.25, -0.2) is 4.98 Å². The van der Waals surface area contributed by atoms with Crippen LogP contribution < -0.4 is 5.32 Å². The predicted octanol–water partition coefficient (Wildman–Crippen LogP) is 2.28. The van der Waals surface area contributed by atoms with E-state index in [4.69, 9.17) is 0 Å². The number of halogens is 1. The maximum atomic E-state index is 4.54. The summed E-state index contributed by atoms with van der Waals surface area (Å²) in [5.74, 6) is 0.647. The van der Waals surface area contributed by atoms with Crippen LogP contribution in [0.4, 0.5) is 0 Å². The minimum atomic E-state index is 0. The van der Waals surface area contributed by atoms with Crippen molar-refractivity contribution in [1.29, 1.82) is 0 Å². The van der Waals surface area contributed by atoms with Gasteiger partial charge in [0, 0.05) is 30.3 Å². The average Bonchev–Trinajstić information content (AvgIpc) is 2.33. The van der Waals surface area contributed by atoms with Crippen molar-refractivity contribution in [2.45, 2.75) is 26.2 Å². The summed E-state index contributed by atoms with van der Waals surface area (Å²) in [5.41, 5.74) is 1.33. The van der Waals surface area contributed by atoms with E-state index in [1.165, 1.54) is 15.6 Å². The molecule has 0 fully saturated rings. The zero-order chi connectivity index (χ0) is 8.55. The number of aromatic nitrogens is 1. The lowest BCUT2D eigenvalue weighted by atomic mass is 10.1. The first-order valence-corrected chi connectivity index (χ1v) is 5.26. The normalized spacial score (nSPS) is 21.5. The number of nitrogens with zero attached hydrogens (tertiary/aromatic N) is 1. The number of thiazole rings is 1. The Labute approximate surface area is 93.5 Å². The van der Waals surface area contributed by atoms with Gasteiger partial charge in [-0.3, -0.25) is 0 Å². The predicted molar refractivity (Wildman–Crippen MR) is 62.2 cm³/mol. The number of nitrogens with one attached hydrogen (secondary N) is 1. The van der Waals surface area contributed by atoms with Crippen LogP contribution >= 0.6 is 28.3 Å². The van der Waals surface area contributed by atoms with E-state index in [0.717, 1.165) is 19.5 Å². The Hall–Kier alpha value is 0.0700. The fourth-order valence-electron chi connectivity index (χ4n) is 1.67. The lowest BCUT2D eigenvalue weighted by molar-refractivity contribution is 0.647. The van der Waals surface area contributed by atoms with Gasteiger partial charge >= 0.3 is 0 Å². The molecule has 0 spiro atoms. The van der Waals surface area contributed by atoms with Gasteiger partial charge in [-0.05, 0) is 6.92 Å². The minimum Gasteiger partial charge on any atom is -0.316 e. The monoisotopic (exact) mass is 262 g/mol. The van der Waals surface area contributed by atoms with Crippen molar-refractivity contribution in [3.8, 4) is 0 Å². The van der Waals surface area contributed by atoms with E-state index in [1.54, 1.807) is 0 Å². The SMILES string of the molecule is Br.Cc1nc2c(s1)C(C)CNCC2. The summed E-state index contributed by atoms with van der Waals surface area (Å²) in [6, 6.07) is 0. The molecule has 0 radical (unpaired) electrons. The second kappa shape index (κ2) is 4.53. The first-order valence-electron chi connectivity index (χ1n) is 4.44. The van der Waals surface area contributed by atoms with E-state index in [1.807, 2.05) is 11.3 Å². The standard InChI is InChI=1S/C9H14N2S.BrH/c1-6-5-10-4-3-8-9(6)12-7(2)11-8;/h6,10H,3-5H2,1-2H3;1H. The van der Waals surface area contributed by atoms with E-state index in [2.05, 4.69) is 24.1 Å². The van der Waals surface area contributed by atoms with Gasteiger partial charge in [0.15, 0.2) is 0 Å². The average molecular weight is 263 g/mol. The Kier molecular flexibility index (Phi) is 3.88. The summed E-state index contributed by atoms with van der Waals surface area (Å²) < 4.78 is 0. The zero-order valence-electron chi connectivity index (χ0n) is 7.96. The molecule has 1 aliphatic heterocycles. The second-order valence-corrected chi connectivity index (χ2v) is 4.63. The van der Waals surface area contributed by atoms with Crippen molar-refractivity contribution in [3.05, 3.63) is 15.6 Å². The summed E-state index contributed by atoms with van der Waals surface area (Å²) in [4.78, 5) is 6.04. The van der Waals surface area contributed by atoms with Gasteiger partial charge in [0.2, 0.25) is 0 Å². The largest absolute Gasteiger partial charge is 0.316 e. The fourth-order valence-corrected chi connectivity index (χ4v) is 2.69.